The summed E-state index contributed by atoms with van der Waals surface area (Å²) in [5, 5.41) is 6.03. The number of carbonyl (C=O) groups is 1. The number of rotatable bonds is 7. The third-order valence-corrected chi connectivity index (χ3v) is 6.04. The fraction of sp³-hybridized carbons (Fsp3) is 0.588. The summed E-state index contributed by atoms with van der Waals surface area (Å²) in [6.45, 7) is 2.27. The van der Waals surface area contributed by atoms with Gasteiger partial charge in [-0.15, -0.1) is 12.4 Å². The van der Waals surface area contributed by atoms with Crippen molar-refractivity contribution < 1.29 is 17.9 Å². The quantitative estimate of drug-likeness (QED) is 0.629. The first kappa shape index (κ1) is 21.1. The molecule has 2 fully saturated rings. The van der Waals surface area contributed by atoms with Crippen LogP contribution in [0.15, 0.2) is 29.2 Å². The minimum Gasteiger partial charge on any atom is -0.377 e. The highest BCUT2D eigenvalue weighted by molar-refractivity contribution is 7.89. The zero-order chi connectivity index (χ0) is 17.7. The normalized spacial score (nSPS) is 22.8. The van der Waals surface area contributed by atoms with Crippen molar-refractivity contribution in [2.75, 3.05) is 19.7 Å². The Kier molecular flexibility index (Phi) is 7.85. The van der Waals surface area contributed by atoms with Crippen molar-refractivity contribution in [3.8, 4) is 0 Å². The Morgan fingerprint density at radius 1 is 1.19 bits per heavy atom. The van der Waals surface area contributed by atoms with Crippen LogP contribution >= 0.6 is 12.4 Å². The predicted molar refractivity (Wildman–Crippen MR) is 101 cm³/mol. The molecular formula is C17H26ClN3O4S. The Labute approximate surface area is 160 Å². The zero-order valence-corrected chi connectivity index (χ0v) is 16.2. The third-order valence-electron chi connectivity index (χ3n) is 4.60. The maximum Gasteiger partial charge on any atom is 0.240 e. The lowest BCUT2D eigenvalue weighted by Gasteiger charge is -2.13. The van der Waals surface area contributed by atoms with Gasteiger partial charge in [-0.1, -0.05) is 12.1 Å². The first-order valence-electron chi connectivity index (χ1n) is 8.76. The van der Waals surface area contributed by atoms with Crippen LogP contribution in [-0.4, -0.2) is 46.2 Å². The number of carbonyl (C=O) groups excluding carboxylic acids is 1. The number of sulfonamides is 1. The smallest absolute Gasteiger partial charge is 0.240 e. The van der Waals surface area contributed by atoms with E-state index in [1.54, 1.807) is 24.3 Å². The number of hydrogen-bond donors (Lipinski definition) is 3. The molecule has 2 saturated heterocycles. The average Bonchev–Trinajstić information content (AvgIpc) is 3.31. The lowest BCUT2D eigenvalue weighted by Crippen LogP contribution is -2.40. The Balaban J connectivity index is 0.00000243. The van der Waals surface area contributed by atoms with Crippen LogP contribution in [0.1, 0.15) is 31.2 Å². The molecule has 3 rings (SSSR count). The van der Waals surface area contributed by atoms with Crippen molar-refractivity contribution in [2.45, 2.75) is 49.3 Å². The summed E-state index contributed by atoms with van der Waals surface area (Å²) in [6.07, 6.45) is 3.71. The SMILES string of the molecule is Cl.O=C(NCc1ccc(S(=O)(=O)NCC2CCCO2)cc1)C1CCCN1. The van der Waals surface area contributed by atoms with E-state index in [1.165, 1.54) is 0 Å². The highest BCUT2D eigenvalue weighted by atomic mass is 35.5. The third kappa shape index (κ3) is 5.65. The van der Waals surface area contributed by atoms with Gasteiger partial charge in [0.05, 0.1) is 17.0 Å². The van der Waals surface area contributed by atoms with Gasteiger partial charge in [-0.2, -0.15) is 0 Å². The molecular weight excluding hydrogens is 378 g/mol. The molecule has 0 aliphatic carbocycles. The molecule has 26 heavy (non-hydrogen) atoms. The maximum atomic E-state index is 12.3. The first-order valence-corrected chi connectivity index (χ1v) is 10.2. The van der Waals surface area contributed by atoms with E-state index in [0.29, 0.717) is 19.7 Å². The number of nitrogens with one attached hydrogen (secondary N) is 3. The zero-order valence-electron chi connectivity index (χ0n) is 14.6. The van der Waals surface area contributed by atoms with Crippen molar-refractivity contribution in [3.05, 3.63) is 29.8 Å². The van der Waals surface area contributed by atoms with Gasteiger partial charge in [0.15, 0.2) is 0 Å². The molecule has 0 aromatic heterocycles. The van der Waals surface area contributed by atoms with Crippen LogP contribution < -0.4 is 15.4 Å². The van der Waals surface area contributed by atoms with Gasteiger partial charge < -0.3 is 15.4 Å². The highest BCUT2D eigenvalue weighted by Gasteiger charge is 2.22. The van der Waals surface area contributed by atoms with E-state index in [9.17, 15) is 13.2 Å². The van der Waals surface area contributed by atoms with Crippen molar-refractivity contribution in [3.63, 3.8) is 0 Å². The van der Waals surface area contributed by atoms with Gasteiger partial charge in [-0.05, 0) is 49.9 Å². The standard InChI is InChI=1S/C17H25N3O4S.ClH/c21-17(16-4-1-9-18-16)19-11-13-5-7-15(8-6-13)25(22,23)20-12-14-3-2-10-24-14;/h5-8,14,16,18,20H,1-4,9-12H2,(H,19,21);1H. The van der Waals surface area contributed by atoms with Crippen molar-refractivity contribution in [2.24, 2.45) is 0 Å². The lowest BCUT2D eigenvalue weighted by molar-refractivity contribution is -0.122. The fourth-order valence-corrected chi connectivity index (χ4v) is 4.16. The Hall–Kier alpha value is -1.19. The van der Waals surface area contributed by atoms with Gasteiger partial charge in [-0.25, -0.2) is 13.1 Å². The van der Waals surface area contributed by atoms with E-state index >= 15 is 0 Å². The van der Waals surface area contributed by atoms with E-state index in [0.717, 1.165) is 37.8 Å². The van der Waals surface area contributed by atoms with Crippen LogP contribution in [0.5, 0.6) is 0 Å². The summed E-state index contributed by atoms with van der Waals surface area (Å²) in [6, 6.07) is 6.47. The van der Waals surface area contributed by atoms with Crippen LogP contribution in [0.2, 0.25) is 0 Å². The van der Waals surface area contributed by atoms with E-state index in [1.807, 2.05) is 0 Å². The monoisotopic (exact) mass is 403 g/mol. The summed E-state index contributed by atoms with van der Waals surface area (Å²) >= 11 is 0. The molecule has 9 heteroatoms. The number of benzene rings is 1. The van der Waals surface area contributed by atoms with E-state index in [4.69, 9.17) is 4.74 Å². The van der Waals surface area contributed by atoms with Crippen LogP contribution in [-0.2, 0) is 26.1 Å². The molecule has 0 saturated carbocycles. The molecule has 7 nitrogen and oxygen atoms in total. The summed E-state index contributed by atoms with van der Waals surface area (Å²) in [4.78, 5) is 12.2. The van der Waals surface area contributed by atoms with Gasteiger partial charge in [0, 0.05) is 19.7 Å². The molecule has 1 amide bonds. The summed E-state index contributed by atoms with van der Waals surface area (Å²) in [5.74, 6) is -0.00701. The maximum absolute atomic E-state index is 12.3. The van der Waals surface area contributed by atoms with Crippen molar-refractivity contribution in [1.29, 1.82) is 0 Å². The first-order chi connectivity index (χ1) is 12.0. The number of hydrogen-bond acceptors (Lipinski definition) is 5. The van der Waals surface area contributed by atoms with E-state index in [-0.39, 0.29) is 35.4 Å². The van der Waals surface area contributed by atoms with Gasteiger partial charge in [-0.3, -0.25) is 4.79 Å². The number of amides is 1. The molecule has 2 aliphatic heterocycles. The topological polar surface area (TPSA) is 96.5 Å². The summed E-state index contributed by atoms with van der Waals surface area (Å²) < 4.78 is 32.6. The molecule has 2 unspecified atom stereocenters. The Morgan fingerprint density at radius 2 is 1.96 bits per heavy atom. The van der Waals surface area contributed by atoms with Crippen LogP contribution in [0.4, 0.5) is 0 Å². The highest BCUT2D eigenvalue weighted by Crippen LogP contribution is 2.14. The van der Waals surface area contributed by atoms with E-state index < -0.39 is 10.0 Å². The fourth-order valence-electron chi connectivity index (χ4n) is 3.10. The molecule has 146 valence electrons. The van der Waals surface area contributed by atoms with Gasteiger partial charge in [0.2, 0.25) is 15.9 Å². The van der Waals surface area contributed by atoms with Crippen LogP contribution in [0.25, 0.3) is 0 Å². The second-order valence-electron chi connectivity index (χ2n) is 6.50. The van der Waals surface area contributed by atoms with Crippen molar-refractivity contribution >= 4 is 28.3 Å². The number of ether oxygens (including phenoxy) is 1. The second-order valence-corrected chi connectivity index (χ2v) is 8.26. The average molecular weight is 404 g/mol. The minimum absolute atomic E-state index is 0. The molecule has 2 aliphatic rings. The molecule has 2 atom stereocenters. The Bertz CT molecular complexity index is 684. The predicted octanol–water partition coefficient (Wildman–Crippen LogP) is 0.934. The molecule has 1 aromatic rings. The largest absolute Gasteiger partial charge is 0.377 e. The summed E-state index contributed by atoms with van der Waals surface area (Å²) in [5.41, 5.74) is 0.865. The molecule has 3 N–H and O–H groups in total. The second kappa shape index (κ2) is 9.66. The lowest BCUT2D eigenvalue weighted by atomic mass is 10.2. The van der Waals surface area contributed by atoms with Gasteiger partial charge in [0.25, 0.3) is 0 Å². The number of halogens is 1. The molecule has 1 aromatic carbocycles. The molecule has 0 radical (unpaired) electrons. The minimum atomic E-state index is -3.54. The van der Waals surface area contributed by atoms with Crippen LogP contribution in [0.3, 0.4) is 0 Å². The van der Waals surface area contributed by atoms with Gasteiger partial charge in [0.1, 0.15) is 0 Å². The Morgan fingerprint density at radius 3 is 2.58 bits per heavy atom. The summed E-state index contributed by atoms with van der Waals surface area (Å²) in [7, 11) is -3.54. The van der Waals surface area contributed by atoms with Gasteiger partial charge >= 0.3 is 0 Å². The molecule has 0 bridgehead atoms. The van der Waals surface area contributed by atoms with Crippen molar-refractivity contribution in [1.82, 2.24) is 15.4 Å². The van der Waals surface area contributed by atoms with E-state index in [2.05, 4.69) is 15.4 Å². The van der Waals surface area contributed by atoms with Crippen LogP contribution in [0, 0.1) is 0 Å². The molecule has 0 spiro atoms. The molecule has 2 heterocycles.